The van der Waals surface area contributed by atoms with Crippen molar-refractivity contribution in [2.45, 2.75) is 0 Å². The van der Waals surface area contributed by atoms with Gasteiger partial charge in [0.05, 0.1) is 10.5 Å². The van der Waals surface area contributed by atoms with Gasteiger partial charge in [-0.3, -0.25) is 9.11 Å². The molecule has 0 aromatic rings. The van der Waals surface area contributed by atoms with E-state index in [1.54, 1.807) is 10.5 Å². The fourth-order valence-electron chi connectivity index (χ4n) is 1.17. The molecule has 0 aliphatic carbocycles. The molecule has 0 amide bonds. The lowest BCUT2D eigenvalue weighted by Crippen LogP contribution is -2.42. The van der Waals surface area contributed by atoms with E-state index >= 15 is 0 Å². The zero-order valence-electron chi connectivity index (χ0n) is 9.07. The van der Waals surface area contributed by atoms with Crippen molar-refractivity contribution in [1.82, 2.24) is 9.80 Å². The van der Waals surface area contributed by atoms with Gasteiger partial charge in [-0.25, -0.2) is 0 Å². The third kappa shape index (κ3) is 6.32. The summed E-state index contributed by atoms with van der Waals surface area (Å²) in [5.74, 6) is 0. The van der Waals surface area contributed by atoms with Crippen molar-refractivity contribution in [3.63, 3.8) is 0 Å². The Hall–Kier alpha value is -1.46. The van der Waals surface area contributed by atoms with Crippen LogP contribution in [0.4, 0.5) is 0 Å². The maximum atomic E-state index is 10.4. The van der Waals surface area contributed by atoms with Crippen LogP contribution in [0.5, 0.6) is 0 Å². The molecule has 1 aliphatic heterocycles. The Kier molecular flexibility index (Phi) is 4.43. The SMILES string of the molecule is O=S(=O)(O)C#CN1CCN(C#CS(=O)(=O)O)CC1. The molecule has 0 radical (unpaired) electrons. The Labute approximate surface area is 105 Å². The number of hydrogen-bond acceptors (Lipinski definition) is 6. The lowest BCUT2D eigenvalue weighted by atomic mass is 10.3. The van der Waals surface area contributed by atoms with Crippen molar-refractivity contribution in [1.29, 1.82) is 0 Å². The van der Waals surface area contributed by atoms with Crippen LogP contribution < -0.4 is 0 Å². The predicted molar refractivity (Wildman–Crippen MR) is 61.8 cm³/mol. The summed E-state index contributed by atoms with van der Waals surface area (Å²) in [7, 11) is -8.65. The molecule has 1 aliphatic rings. The van der Waals surface area contributed by atoms with Gasteiger partial charge < -0.3 is 9.80 Å². The van der Waals surface area contributed by atoms with Gasteiger partial charge in [-0.1, -0.05) is 0 Å². The summed E-state index contributed by atoms with van der Waals surface area (Å²) in [6.07, 6.45) is 0. The summed E-state index contributed by atoms with van der Waals surface area (Å²) in [5.41, 5.74) is 0. The second-order valence-corrected chi connectivity index (χ2v) is 5.66. The minimum Gasteiger partial charge on any atom is -0.328 e. The van der Waals surface area contributed by atoms with Crippen LogP contribution in [0.25, 0.3) is 0 Å². The van der Waals surface area contributed by atoms with E-state index in [1.165, 1.54) is 9.80 Å². The van der Waals surface area contributed by atoms with Gasteiger partial charge in [-0.2, -0.15) is 16.8 Å². The Morgan fingerprint density at radius 1 is 0.722 bits per heavy atom. The quantitative estimate of drug-likeness (QED) is 0.398. The van der Waals surface area contributed by atoms with Crippen molar-refractivity contribution in [3.05, 3.63) is 0 Å². The Balaban J connectivity index is 2.56. The molecule has 1 rings (SSSR count). The summed E-state index contributed by atoms with van der Waals surface area (Å²) in [6.45, 7) is 1.34. The third-order valence-corrected chi connectivity index (χ3v) is 2.64. The highest BCUT2D eigenvalue weighted by atomic mass is 32.2. The summed E-state index contributed by atoms with van der Waals surface area (Å²) in [4.78, 5) is 2.92. The van der Waals surface area contributed by atoms with Crippen LogP contribution in [0, 0.1) is 22.6 Å². The highest BCUT2D eigenvalue weighted by Gasteiger charge is 2.12. The van der Waals surface area contributed by atoms with Gasteiger partial charge in [0.15, 0.2) is 0 Å². The van der Waals surface area contributed by atoms with E-state index in [-0.39, 0.29) is 0 Å². The molecule has 1 saturated heterocycles. The van der Waals surface area contributed by atoms with E-state index < -0.39 is 20.2 Å². The molecule has 8 nitrogen and oxygen atoms in total. The number of rotatable bonds is 0. The molecular weight excluding hydrogens is 284 g/mol. The largest absolute Gasteiger partial charge is 0.337 e. The van der Waals surface area contributed by atoms with Crippen LogP contribution in [0.1, 0.15) is 0 Å². The topological polar surface area (TPSA) is 115 Å². The first-order valence-corrected chi connectivity index (χ1v) is 7.53. The number of piperazine rings is 1. The summed E-state index contributed by atoms with van der Waals surface area (Å²) >= 11 is 0. The fraction of sp³-hybridized carbons (Fsp3) is 0.500. The van der Waals surface area contributed by atoms with Gasteiger partial charge in [-0.15, -0.1) is 0 Å². The van der Waals surface area contributed by atoms with Gasteiger partial charge in [0.25, 0.3) is 0 Å². The smallest absolute Gasteiger partial charge is 0.328 e. The maximum absolute atomic E-state index is 10.4. The summed E-state index contributed by atoms with van der Waals surface area (Å²) in [5, 5.41) is 3.35. The van der Waals surface area contributed by atoms with E-state index in [0.29, 0.717) is 26.2 Å². The molecule has 1 fully saturated rings. The summed E-state index contributed by atoms with van der Waals surface area (Å²) in [6, 6.07) is 4.51. The molecule has 0 aromatic carbocycles. The minimum atomic E-state index is -4.32. The molecule has 0 spiro atoms. The second kappa shape index (κ2) is 5.46. The fourth-order valence-corrected chi connectivity index (χ4v) is 1.66. The predicted octanol–water partition coefficient (Wildman–Crippen LogP) is -1.78. The first kappa shape index (κ1) is 14.6. The third-order valence-electron chi connectivity index (χ3n) is 1.95. The lowest BCUT2D eigenvalue weighted by Gasteiger charge is -2.29. The van der Waals surface area contributed by atoms with Crippen molar-refractivity contribution < 1.29 is 25.9 Å². The van der Waals surface area contributed by atoms with Gasteiger partial charge in [-0.05, 0) is 0 Å². The second-order valence-electron chi connectivity index (χ2n) is 3.35. The van der Waals surface area contributed by atoms with Crippen LogP contribution in [-0.4, -0.2) is 61.9 Å². The zero-order chi connectivity index (χ0) is 13.8. The van der Waals surface area contributed by atoms with Gasteiger partial charge in [0, 0.05) is 38.3 Å². The minimum absolute atomic E-state index is 0.336. The first-order chi connectivity index (χ1) is 8.16. The molecule has 10 heteroatoms. The molecule has 0 bridgehead atoms. The summed E-state index contributed by atoms with van der Waals surface area (Å²) < 4.78 is 58.4. The van der Waals surface area contributed by atoms with Gasteiger partial charge >= 0.3 is 20.2 Å². The van der Waals surface area contributed by atoms with E-state index in [9.17, 15) is 16.8 Å². The standard InChI is InChI=1S/C8H10N2O6S2/c11-17(12,13)7-5-9-1-2-10(4-3-9)6-8-18(14,15)16/h1-4H2,(H,11,12,13)(H,14,15,16). The maximum Gasteiger partial charge on any atom is 0.337 e. The average Bonchev–Trinajstić information content (AvgIpc) is 2.23. The Bertz CT molecular complexity index is 565. The number of nitrogens with zero attached hydrogens (tertiary/aromatic N) is 2. The van der Waals surface area contributed by atoms with Crippen molar-refractivity contribution in [2.24, 2.45) is 0 Å². The number of hydrogen-bond donors (Lipinski definition) is 2. The molecule has 0 saturated carbocycles. The highest BCUT2D eigenvalue weighted by Crippen LogP contribution is 1.99. The van der Waals surface area contributed by atoms with Crippen LogP contribution in [0.2, 0.25) is 0 Å². The molecule has 0 aromatic heterocycles. The van der Waals surface area contributed by atoms with E-state index in [4.69, 9.17) is 9.11 Å². The molecule has 0 unspecified atom stereocenters. The van der Waals surface area contributed by atoms with Gasteiger partial charge in [0.2, 0.25) is 0 Å². The van der Waals surface area contributed by atoms with Crippen molar-refractivity contribution in [3.8, 4) is 22.6 Å². The zero-order valence-corrected chi connectivity index (χ0v) is 10.7. The normalized spacial score (nSPS) is 16.3. The van der Waals surface area contributed by atoms with Crippen LogP contribution >= 0.6 is 0 Å². The molecular formula is C8H10N2O6S2. The molecule has 100 valence electrons. The van der Waals surface area contributed by atoms with Crippen LogP contribution in [0.3, 0.4) is 0 Å². The lowest BCUT2D eigenvalue weighted by molar-refractivity contribution is 0.239. The van der Waals surface area contributed by atoms with Crippen LogP contribution in [-0.2, 0) is 20.2 Å². The Morgan fingerprint density at radius 2 is 1.00 bits per heavy atom. The highest BCUT2D eigenvalue weighted by molar-refractivity contribution is 7.90. The van der Waals surface area contributed by atoms with Crippen molar-refractivity contribution in [2.75, 3.05) is 26.2 Å². The average molecular weight is 294 g/mol. The molecule has 18 heavy (non-hydrogen) atoms. The van der Waals surface area contributed by atoms with E-state index in [1.807, 2.05) is 0 Å². The molecule has 1 heterocycles. The van der Waals surface area contributed by atoms with E-state index in [2.05, 4.69) is 12.1 Å². The van der Waals surface area contributed by atoms with Crippen molar-refractivity contribution >= 4 is 20.2 Å². The van der Waals surface area contributed by atoms with Gasteiger partial charge in [0.1, 0.15) is 0 Å². The van der Waals surface area contributed by atoms with E-state index in [0.717, 1.165) is 0 Å². The Morgan fingerprint density at radius 3 is 1.22 bits per heavy atom. The molecule has 0 atom stereocenters. The first-order valence-electron chi connectivity index (χ1n) is 4.65. The monoisotopic (exact) mass is 294 g/mol. The molecule has 2 N–H and O–H groups in total. The van der Waals surface area contributed by atoms with Crippen LogP contribution in [0.15, 0.2) is 0 Å².